The molecule has 0 heterocycles. The van der Waals surface area contributed by atoms with Gasteiger partial charge in [-0.25, -0.2) is 8.78 Å². The van der Waals surface area contributed by atoms with Crippen LogP contribution in [0.5, 0.6) is 5.75 Å². The third-order valence-corrected chi connectivity index (χ3v) is 3.52. The van der Waals surface area contributed by atoms with E-state index in [-0.39, 0.29) is 18.0 Å². The molecule has 1 atom stereocenters. The molecule has 2 aromatic carbocycles. The molecule has 1 unspecified atom stereocenters. The number of rotatable bonds is 5. The molecule has 5 heteroatoms. The van der Waals surface area contributed by atoms with Crippen molar-refractivity contribution in [3.05, 3.63) is 64.7 Å². The fourth-order valence-corrected chi connectivity index (χ4v) is 2.36. The molecule has 0 radical (unpaired) electrons. The zero-order chi connectivity index (χ0) is 15.4. The molecule has 21 heavy (non-hydrogen) atoms. The Kier molecular flexibility index (Phi) is 4.88. The minimum atomic E-state index is -0.568. The fraction of sp³-hybridized carbons (Fsp3) is 0.250. The maximum absolute atomic E-state index is 13.8. The molecule has 3 N–H and O–H groups in total. The van der Waals surface area contributed by atoms with Crippen LogP contribution in [0.15, 0.2) is 36.4 Å². The Bertz CT molecular complexity index is 611. The predicted octanol–water partition coefficient (Wildman–Crippen LogP) is 3.03. The Morgan fingerprint density at radius 3 is 2.38 bits per heavy atom. The molecule has 0 aliphatic heterocycles. The number of nitrogens with one attached hydrogen (secondary N) is 1. The summed E-state index contributed by atoms with van der Waals surface area (Å²) in [5.41, 5.74) is 4.46. The lowest BCUT2D eigenvalue weighted by Crippen LogP contribution is -2.30. The first kappa shape index (κ1) is 15.4. The Balaban J connectivity index is 2.32. The van der Waals surface area contributed by atoms with Crippen LogP contribution in [-0.2, 0) is 6.42 Å². The summed E-state index contributed by atoms with van der Waals surface area (Å²) in [6.45, 7) is 1.90. The van der Waals surface area contributed by atoms with Crippen LogP contribution in [0.4, 0.5) is 8.78 Å². The van der Waals surface area contributed by atoms with Crippen molar-refractivity contribution in [2.45, 2.75) is 19.4 Å². The number of hydrogen-bond acceptors (Lipinski definition) is 3. The molecule has 0 saturated heterocycles. The molecular weight excluding hydrogens is 274 g/mol. The molecule has 0 spiro atoms. The summed E-state index contributed by atoms with van der Waals surface area (Å²) in [5.74, 6) is 5.16. The summed E-state index contributed by atoms with van der Waals surface area (Å²) in [7, 11) is 1.59. The van der Waals surface area contributed by atoms with Crippen LogP contribution in [0.3, 0.4) is 0 Å². The number of halogens is 2. The van der Waals surface area contributed by atoms with E-state index >= 15 is 0 Å². The van der Waals surface area contributed by atoms with Gasteiger partial charge < -0.3 is 4.74 Å². The molecule has 3 nitrogen and oxygen atoms in total. The summed E-state index contributed by atoms with van der Waals surface area (Å²) in [4.78, 5) is 0. The number of hydrazine groups is 1. The average Bonchev–Trinajstić information content (AvgIpc) is 2.47. The van der Waals surface area contributed by atoms with E-state index in [1.54, 1.807) is 13.2 Å². The second-order valence-corrected chi connectivity index (χ2v) is 4.85. The van der Waals surface area contributed by atoms with Crippen molar-refractivity contribution >= 4 is 0 Å². The Morgan fingerprint density at radius 1 is 1.19 bits per heavy atom. The molecule has 0 bridgehead atoms. The number of benzene rings is 2. The zero-order valence-corrected chi connectivity index (χ0v) is 12.0. The van der Waals surface area contributed by atoms with Crippen molar-refractivity contribution in [2.75, 3.05) is 7.11 Å². The quantitative estimate of drug-likeness (QED) is 0.658. The maximum Gasteiger partial charge on any atom is 0.129 e. The topological polar surface area (TPSA) is 47.3 Å². The van der Waals surface area contributed by atoms with Crippen LogP contribution in [0, 0.1) is 18.6 Å². The molecule has 2 rings (SSSR count). The monoisotopic (exact) mass is 292 g/mol. The highest BCUT2D eigenvalue weighted by Gasteiger charge is 2.18. The van der Waals surface area contributed by atoms with Gasteiger partial charge in [-0.05, 0) is 48.7 Å². The van der Waals surface area contributed by atoms with Gasteiger partial charge in [0.25, 0.3) is 0 Å². The first-order valence-corrected chi connectivity index (χ1v) is 6.60. The van der Waals surface area contributed by atoms with Gasteiger partial charge in [0.2, 0.25) is 0 Å². The Hall–Kier alpha value is -1.98. The normalized spacial score (nSPS) is 12.2. The van der Waals surface area contributed by atoms with Crippen LogP contribution in [0.2, 0.25) is 0 Å². The summed E-state index contributed by atoms with van der Waals surface area (Å²) < 4.78 is 32.7. The van der Waals surface area contributed by atoms with Gasteiger partial charge in [0.15, 0.2) is 0 Å². The van der Waals surface area contributed by atoms with Crippen molar-refractivity contribution in [1.82, 2.24) is 5.43 Å². The average molecular weight is 292 g/mol. The van der Waals surface area contributed by atoms with Crippen molar-refractivity contribution < 1.29 is 13.5 Å². The Labute approximate surface area is 122 Å². The van der Waals surface area contributed by atoms with E-state index in [1.165, 1.54) is 18.2 Å². The first-order valence-electron chi connectivity index (χ1n) is 6.60. The van der Waals surface area contributed by atoms with Gasteiger partial charge in [-0.1, -0.05) is 12.1 Å². The lowest BCUT2D eigenvalue weighted by molar-refractivity contribution is 0.413. The van der Waals surface area contributed by atoms with Crippen LogP contribution in [0.1, 0.15) is 22.7 Å². The maximum atomic E-state index is 13.8. The third kappa shape index (κ3) is 3.37. The van der Waals surface area contributed by atoms with Gasteiger partial charge in [0.05, 0.1) is 13.2 Å². The number of hydrogen-bond donors (Lipinski definition) is 2. The van der Waals surface area contributed by atoms with Gasteiger partial charge >= 0.3 is 0 Å². The molecule has 0 aliphatic rings. The van der Waals surface area contributed by atoms with Crippen LogP contribution in [0.25, 0.3) is 0 Å². The highest BCUT2D eigenvalue weighted by atomic mass is 19.1. The van der Waals surface area contributed by atoms with Gasteiger partial charge in [-0.2, -0.15) is 0 Å². The SMILES string of the molecule is COc1ccc(C(Cc2c(F)cccc2F)NN)c(C)c1. The van der Waals surface area contributed by atoms with E-state index in [1.807, 2.05) is 19.1 Å². The van der Waals surface area contributed by atoms with Crippen molar-refractivity contribution in [2.24, 2.45) is 5.84 Å². The van der Waals surface area contributed by atoms with E-state index in [0.29, 0.717) is 0 Å². The second-order valence-electron chi connectivity index (χ2n) is 4.85. The zero-order valence-electron chi connectivity index (χ0n) is 12.0. The first-order chi connectivity index (χ1) is 10.1. The highest BCUT2D eigenvalue weighted by Crippen LogP contribution is 2.26. The summed E-state index contributed by atoms with van der Waals surface area (Å²) in [5, 5.41) is 0. The van der Waals surface area contributed by atoms with E-state index < -0.39 is 11.6 Å². The fourth-order valence-electron chi connectivity index (χ4n) is 2.36. The lowest BCUT2D eigenvalue weighted by Gasteiger charge is -2.20. The van der Waals surface area contributed by atoms with Crippen molar-refractivity contribution in [1.29, 1.82) is 0 Å². The number of ether oxygens (including phenoxy) is 1. The summed E-state index contributed by atoms with van der Waals surface area (Å²) in [6.07, 6.45) is 0.127. The number of methoxy groups -OCH3 is 1. The minimum Gasteiger partial charge on any atom is -0.497 e. The smallest absolute Gasteiger partial charge is 0.129 e. The molecule has 0 aliphatic carbocycles. The molecule has 112 valence electrons. The highest BCUT2D eigenvalue weighted by molar-refractivity contribution is 5.37. The molecule has 0 amide bonds. The number of aryl methyl sites for hydroxylation is 1. The van der Waals surface area contributed by atoms with Crippen LogP contribution in [-0.4, -0.2) is 7.11 Å². The lowest BCUT2D eigenvalue weighted by atomic mass is 9.95. The summed E-state index contributed by atoms with van der Waals surface area (Å²) >= 11 is 0. The molecule has 0 saturated carbocycles. The molecule has 0 fully saturated rings. The second kappa shape index (κ2) is 6.65. The van der Waals surface area contributed by atoms with Crippen molar-refractivity contribution in [3.8, 4) is 5.75 Å². The van der Waals surface area contributed by atoms with Gasteiger partial charge in [0, 0.05) is 5.56 Å². The van der Waals surface area contributed by atoms with E-state index in [9.17, 15) is 8.78 Å². The standard InChI is InChI=1S/C16H18F2N2O/c1-10-8-11(21-2)6-7-12(10)16(20-19)9-13-14(17)4-3-5-15(13)18/h3-8,16,20H,9,19H2,1-2H3. The van der Waals surface area contributed by atoms with E-state index in [4.69, 9.17) is 10.6 Å². The van der Waals surface area contributed by atoms with E-state index in [0.717, 1.165) is 16.9 Å². The van der Waals surface area contributed by atoms with Crippen molar-refractivity contribution in [3.63, 3.8) is 0 Å². The molecular formula is C16H18F2N2O. The third-order valence-electron chi connectivity index (χ3n) is 3.52. The summed E-state index contributed by atoms with van der Waals surface area (Å²) in [6, 6.07) is 8.94. The molecule has 0 aromatic heterocycles. The Morgan fingerprint density at radius 2 is 1.86 bits per heavy atom. The largest absolute Gasteiger partial charge is 0.497 e. The van der Waals surface area contributed by atoms with Gasteiger partial charge in [-0.3, -0.25) is 11.3 Å². The number of nitrogens with two attached hydrogens (primary N) is 1. The van der Waals surface area contributed by atoms with Gasteiger partial charge in [0.1, 0.15) is 17.4 Å². The van der Waals surface area contributed by atoms with E-state index in [2.05, 4.69) is 5.43 Å². The van der Waals surface area contributed by atoms with Crippen LogP contribution >= 0.6 is 0 Å². The molecule has 2 aromatic rings. The minimum absolute atomic E-state index is 0.0238. The van der Waals surface area contributed by atoms with Crippen LogP contribution < -0.4 is 16.0 Å². The predicted molar refractivity (Wildman–Crippen MR) is 77.9 cm³/mol. The van der Waals surface area contributed by atoms with Gasteiger partial charge in [-0.15, -0.1) is 0 Å².